The first kappa shape index (κ1) is 19.3. The number of nitrogens with zero attached hydrogens (tertiary/aromatic N) is 1. The molecule has 0 aromatic heterocycles. The van der Waals surface area contributed by atoms with Crippen molar-refractivity contribution in [3.05, 3.63) is 70.8 Å². The van der Waals surface area contributed by atoms with Gasteiger partial charge in [0.2, 0.25) is 5.91 Å². The molecule has 0 radical (unpaired) electrons. The highest BCUT2D eigenvalue weighted by atomic mass is 16.5. The van der Waals surface area contributed by atoms with Crippen molar-refractivity contribution < 1.29 is 14.3 Å². The topological polar surface area (TPSA) is 58.6 Å². The average molecular weight is 405 g/mol. The van der Waals surface area contributed by atoms with Gasteiger partial charge in [-0.05, 0) is 49.8 Å². The molecule has 2 heterocycles. The van der Waals surface area contributed by atoms with E-state index in [4.69, 9.17) is 4.74 Å². The molecule has 2 amide bonds. The Morgan fingerprint density at radius 3 is 2.70 bits per heavy atom. The predicted molar refractivity (Wildman–Crippen MR) is 114 cm³/mol. The molecule has 5 heteroatoms. The minimum Gasteiger partial charge on any atom is -0.376 e. The summed E-state index contributed by atoms with van der Waals surface area (Å²) < 4.78 is 5.69. The molecule has 2 aromatic rings. The Bertz CT molecular complexity index is 962. The highest BCUT2D eigenvalue weighted by Gasteiger charge is 2.49. The standard InChI is InChI=1S/C25H28N2O3/c1-16-6-4-7-17(14-16)23-22(24(28)26-15-19-8-5-13-30-19)20-9-2-3-10-21(20)25(29)27(23)18-11-12-18/h2-4,6-7,9-10,14,18-19,22-23H,5,8,11-13,15H2,1H3,(H,26,28)/t19-,22-,23+/m0/s1. The van der Waals surface area contributed by atoms with Crippen LogP contribution in [0.3, 0.4) is 0 Å². The molecule has 1 aliphatic carbocycles. The molecule has 5 nitrogen and oxygen atoms in total. The summed E-state index contributed by atoms with van der Waals surface area (Å²) in [7, 11) is 0. The Morgan fingerprint density at radius 2 is 1.97 bits per heavy atom. The zero-order chi connectivity index (χ0) is 20.7. The number of carbonyl (C=O) groups excluding carboxylic acids is 2. The molecule has 156 valence electrons. The number of hydrogen-bond acceptors (Lipinski definition) is 3. The molecule has 2 aliphatic heterocycles. The number of nitrogens with one attached hydrogen (secondary N) is 1. The Kier molecular flexibility index (Phi) is 5.07. The fourth-order valence-electron chi connectivity index (χ4n) is 4.93. The number of aryl methyl sites for hydroxylation is 1. The van der Waals surface area contributed by atoms with E-state index in [0.717, 1.165) is 49.0 Å². The third-order valence-electron chi connectivity index (χ3n) is 6.51. The first-order valence-corrected chi connectivity index (χ1v) is 11.0. The maximum absolute atomic E-state index is 13.6. The smallest absolute Gasteiger partial charge is 0.254 e. The van der Waals surface area contributed by atoms with Crippen molar-refractivity contribution in [2.75, 3.05) is 13.2 Å². The monoisotopic (exact) mass is 404 g/mol. The summed E-state index contributed by atoms with van der Waals surface area (Å²) in [4.78, 5) is 29.0. The van der Waals surface area contributed by atoms with Crippen LogP contribution in [-0.4, -0.2) is 42.0 Å². The molecule has 1 saturated carbocycles. The van der Waals surface area contributed by atoms with Crippen molar-refractivity contribution in [2.45, 2.75) is 56.7 Å². The van der Waals surface area contributed by atoms with Crippen LogP contribution in [0.25, 0.3) is 0 Å². The lowest BCUT2D eigenvalue weighted by atomic mass is 9.78. The van der Waals surface area contributed by atoms with Crippen LogP contribution >= 0.6 is 0 Å². The molecule has 30 heavy (non-hydrogen) atoms. The van der Waals surface area contributed by atoms with Crippen LogP contribution in [0.1, 0.15) is 64.7 Å². The van der Waals surface area contributed by atoms with E-state index in [1.807, 2.05) is 35.2 Å². The van der Waals surface area contributed by atoms with Gasteiger partial charge in [0.25, 0.3) is 5.91 Å². The van der Waals surface area contributed by atoms with Crippen LogP contribution in [0.2, 0.25) is 0 Å². The number of ether oxygens (including phenoxy) is 1. The number of fused-ring (bicyclic) bond motifs is 1. The molecule has 1 N–H and O–H groups in total. The maximum atomic E-state index is 13.6. The highest BCUT2D eigenvalue weighted by Crippen LogP contribution is 2.47. The quantitative estimate of drug-likeness (QED) is 0.826. The van der Waals surface area contributed by atoms with Gasteiger partial charge in [0.15, 0.2) is 0 Å². The Labute approximate surface area is 177 Å². The van der Waals surface area contributed by atoms with Crippen LogP contribution in [0.4, 0.5) is 0 Å². The van der Waals surface area contributed by atoms with E-state index in [2.05, 4.69) is 30.4 Å². The van der Waals surface area contributed by atoms with E-state index >= 15 is 0 Å². The van der Waals surface area contributed by atoms with Gasteiger partial charge >= 0.3 is 0 Å². The number of carbonyl (C=O) groups is 2. The van der Waals surface area contributed by atoms with E-state index < -0.39 is 5.92 Å². The summed E-state index contributed by atoms with van der Waals surface area (Å²) in [6, 6.07) is 15.8. The van der Waals surface area contributed by atoms with Crippen molar-refractivity contribution in [3.8, 4) is 0 Å². The number of rotatable bonds is 5. The van der Waals surface area contributed by atoms with Crippen LogP contribution in [0.15, 0.2) is 48.5 Å². The minimum absolute atomic E-state index is 0.0254. The zero-order valence-electron chi connectivity index (χ0n) is 17.3. The molecule has 5 rings (SSSR count). The lowest BCUT2D eigenvalue weighted by Crippen LogP contribution is -2.49. The van der Waals surface area contributed by atoms with Gasteiger partial charge in [-0.1, -0.05) is 48.0 Å². The van der Waals surface area contributed by atoms with Gasteiger partial charge < -0.3 is 15.0 Å². The lowest BCUT2D eigenvalue weighted by molar-refractivity contribution is -0.124. The first-order valence-electron chi connectivity index (χ1n) is 11.0. The number of hydrogen-bond donors (Lipinski definition) is 1. The summed E-state index contributed by atoms with van der Waals surface area (Å²) in [5, 5.41) is 3.14. The van der Waals surface area contributed by atoms with Crippen molar-refractivity contribution in [1.82, 2.24) is 10.2 Å². The molecule has 2 fully saturated rings. The number of benzene rings is 2. The molecule has 3 atom stereocenters. The molecule has 0 bridgehead atoms. The second-order valence-electron chi connectivity index (χ2n) is 8.75. The second-order valence-corrected chi connectivity index (χ2v) is 8.75. The van der Waals surface area contributed by atoms with Gasteiger partial charge in [-0.15, -0.1) is 0 Å². The highest BCUT2D eigenvalue weighted by molar-refractivity contribution is 6.01. The van der Waals surface area contributed by atoms with E-state index in [1.165, 1.54) is 0 Å². The van der Waals surface area contributed by atoms with E-state index in [-0.39, 0.29) is 30.0 Å². The van der Waals surface area contributed by atoms with E-state index in [1.54, 1.807) is 0 Å². The van der Waals surface area contributed by atoms with Crippen LogP contribution in [0, 0.1) is 6.92 Å². The zero-order valence-corrected chi connectivity index (χ0v) is 17.3. The maximum Gasteiger partial charge on any atom is 0.254 e. The summed E-state index contributed by atoms with van der Waals surface area (Å²) in [6.07, 6.45) is 4.12. The van der Waals surface area contributed by atoms with Gasteiger partial charge in [-0.3, -0.25) is 9.59 Å². The third-order valence-corrected chi connectivity index (χ3v) is 6.51. The summed E-state index contributed by atoms with van der Waals surface area (Å²) >= 11 is 0. The van der Waals surface area contributed by atoms with Crippen molar-refractivity contribution >= 4 is 11.8 Å². The van der Waals surface area contributed by atoms with Crippen molar-refractivity contribution in [1.29, 1.82) is 0 Å². The number of amides is 2. The Hall–Kier alpha value is -2.66. The molecule has 0 spiro atoms. The summed E-state index contributed by atoms with van der Waals surface area (Å²) in [5.74, 6) is -0.409. The van der Waals surface area contributed by atoms with E-state index in [0.29, 0.717) is 12.1 Å². The molecule has 1 saturated heterocycles. The normalized spacial score (nSPS) is 25.8. The molecular weight excluding hydrogens is 376 g/mol. The lowest BCUT2D eigenvalue weighted by Gasteiger charge is -2.42. The molecule has 2 aromatic carbocycles. The first-order chi connectivity index (χ1) is 14.6. The predicted octanol–water partition coefficient (Wildman–Crippen LogP) is 3.73. The third kappa shape index (κ3) is 3.52. The van der Waals surface area contributed by atoms with Crippen molar-refractivity contribution in [2.24, 2.45) is 0 Å². The Balaban J connectivity index is 1.56. The minimum atomic E-state index is -0.428. The fraction of sp³-hybridized carbons (Fsp3) is 0.440. The largest absolute Gasteiger partial charge is 0.376 e. The fourth-order valence-corrected chi connectivity index (χ4v) is 4.93. The van der Waals surface area contributed by atoms with Crippen LogP contribution < -0.4 is 5.32 Å². The van der Waals surface area contributed by atoms with E-state index in [9.17, 15) is 9.59 Å². The van der Waals surface area contributed by atoms with Gasteiger partial charge in [-0.2, -0.15) is 0 Å². The summed E-state index contributed by atoms with van der Waals surface area (Å²) in [5.41, 5.74) is 3.65. The summed E-state index contributed by atoms with van der Waals surface area (Å²) in [6.45, 7) is 3.34. The van der Waals surface area contributed by atoms with Crippen LogP contribution in [-0.2, 0) is 9.53 Å². The Morgan fingerprint density at radius 1 is 1.13 bits per heavy atom. The van der Waals surface area contributed by atoms with Gasteiger partial charge in [0, 0.05) is 24.8 Å². The molecular formula is C25H28N2O3. The van der Waals surface area contributed by atoms with Gasteiger partial charge in [0.05, 0.1) is 18.1 Å². The van der Waals surface area contributed by atoms with Gasteiger partial charge in [-0.25, -0.2) is 0 Å². The second kappa shape index (κ2) is 7.88. The average Bonchev–Trinajstić information content (AvgIpc) is 3.45. The SMILES string of the molecule is Cc1cccc([C@@H]2[C@@H](C(=O)NC[C@@H]3CCCO3)c3ccccc3C(=O)N2C2CC2)c1. The van der Waals surface area contributed by atoms with Gasteiger partial charge in [0.1, 0.15) is 0 Å². The molecule has 0 unspecified atom stereocenters. The molecule has 3 aliphatic rings. The van der Waals surface area contributed by atoms with Crippen LogP contribution in [0.5, 0.6) is 0 Å². The van der Waals surface area contributed by atoms with Crippen molar-refractivity contribution in [3.63, 3.8) is 0 Å².